The zero-order valence-corrected chi connectivity index (χ0v) is 12.2. The van der Waals surface area contributed by atoms with Crippen LogP contribution in [0, 0.1) is 11.8 Å². The molecule has 0 bridgehead atoms. The summed E-state index contributed by atoms with van der Waals surface area (Å²) in [6.07, 6.45) is 5.41. The Morgan fingerprint density at radius 1 is 1.35 bits per heavy atom. The van der Waals surface area contributed by atoms with Crippen molar-refractivity contribution in [2.45, 2.75) is 52.0 Å². The Bertz CT molecular complexity index is 313. The molecule has 0 radical (unpaired) electrons. The first-order valence-electron chi connectivity index (χ1n) is 6.86. The summed E-state index contributed by atoms with van der Waals surface area (Å²) in [7, 11) is -0.857. The molecular weight excluding hydrogens is 234 g/mol. The van der Waals surface area contributed by atoms with Gasteiger partial charge in [0, 0.05) is 6.04 Å². The fourth-order valence-corrected chi connectivity index (χ4v) is 4.66. The van der Waals surface area contributed by atoms with Gasteiger partial charge in [-0.2, -0.15) is 0 Å². The summed E-state index contributed by atoms with van der Waals surface area (Å²) < 4.78 is 23.9. The maximum Gasteiger partial charge on any atom is 0.150 e. The zero-order chi connectivity index (χ0) is 12.9. The lowest BCUT2D eigenvalue weighted by Crippen LogP contribution is -2.30. The first kappa shape index (κ1) is 15.0. The Balaban J connectivity index is 2.39. The molecule has 0 aromatic rings. The summed E-state index contributed by atoms with van der Waals surface area (Å²) in [5.74, 6) is 1.59. The van der Waals surface area contributed by atoms with Crippen LogP contribution in [-0.4, -0.2) is 33.0 Å². The van der Waals surface area contributed by atoms with E-state index in [4.69, 9.17) is 0 Å². The van der Waals surface area contributed by atoms with E-state index < -0.39 is 9.84 Å². The molecule has 0 aromatic carbocycles. The van der Waals surface area contributed by atoms with Crippen molar-refractivity contribution in [1.82, 2.24) is 5.32 Å². The van der Waals surface area contributed by atoms with Crippen molar-refractivity contribution >= 4 is 9.84 Å². The van der Waals surface area contributed by atoms with Gasteiger partial charge in [-0.3, -0.25) is 0 Å². The zero-order valence-electron chi connectivity index (χ0n) is 11.4. The van der Waals surface area contributed by atoms with E-state index in [0.717, 1.165) is 12.8 Å². The van der Waals surface area contributed by atoms with Gasteiger partial charge in [-0.1, -0.05) is 26.7 Å². The van der Waals surface area contributed by atoms with Gasteiger partial charge >= 0.3 is 0 Å². The molecule has 1 saturated carbocycles. The number of sulfone groups is 1. The lowest BCUT2D eigenvalue weighted by Gasteiger charge is -2.19. The minimum atomic E-state index is -2.84. The van der Waals surface area contributed by atoms with E-state index >= 15 is 0 Å². The van der Waals surface area contributed by atoms with Crippen LogP contribution in [0.25, 0.3) is 0 Å². The molecule has 17 heavy (non-hydrogen) atoms. The first-order chi connectivity index (χ1) is 7.98. The Hall–Kier alpha value is -0.0900. The van der Waals surface area contributed by atoms with Gasteiger partial charge in [0.25, 0.3) is 0 Å². The second-order valence-electron chi connectivity index (χ2n) is 5.50. The average molecular weight is 261 g/mol. The number of hydrogen-bond acceptors (Lipinski definition) is 3. The molecule has 1 fully saturated rings. The predicted molar refractivity (Wildman–Crippen MR) is 72.9 cm³/mol. The summed E-state index contributed by atoms with van der Waals surface area (Å²) in [6.45, 7) is 4.07. The molecule has 3 unspecified atom stereocenters. The van der Waals surface area contributed by atoms with Gasteiger partial charge in [-0.15, -0.1) is 0 Å². The number of hydrogen-bond donors (Lipinski definition) is 1. The van der Waals surface area contributed by atoms with Crippen LogP contribution in [0.3, 0.4) is 0 Å². The van der Waals surface area contributed by atoms with Crippen LogP contribution in [0.4, 0.5) is 0 Å². The molecule has 0 aliphatic heterocycles. The van der Waals surface area contributed by atoms with E-state index in [9.17, 15) is 8.42 Å². The molecule has 0 heterocycles. The molecular formula is C13H27NO2S. The van der Waals surface area contributed by atoms with E-state index in [1.165, 1.54) is 19.3 Å². The fourth-order valence-electron chi connectivity index (χ4n) is 2.73. The third kappa shape index (κ3) is 4.96. The smallest absolute Gasteiger partial charge is 0.150 e. The van der Waals surface area contributed by atoms with E-state index in [-0.39, 0.29) is 0 Å². The van der Waals surface area contributed by atoms with Crippen molar-refractivity contribution in [1.29, 1.82) is 0 Å². The predicted octanol–water partition coefficient (Wildman–Crippen LogP) is 2.23. The SMILES string of the molecule is CCC(C)CS(=O)(=O)CCC1CCCC1NC. The summed E-state index contributed by atoms with van der Waals surface area (Å²) >= 11 is 0. The lowest BCUT2D eigenvalue weighted by atomic mass is 10.0. The van der Waals surface area contributed by atoms with Gasteiger partial charge in [0.1, 0.15) is 0 Å². The van der Waals surface area contributed by atoms with Crippen LogP contribution in [0.2, 0.25) is 0 Å². The van der Waals surface area contributed by atoms with Crippen molar-refractivity contribution in [2.24, 2.45) is 11.8 Å². The molecule has 1 aliphatic carbocycles. The van der Waals surface area contributed by atoms with Gasteiger partial charge < -0.3 is 5.32 Å². The van der Waals surface area contributed by atoms with Crippen LogP contribution in [0.15, 0.2) is 0 Å². The van der Waals surface area contributed by atoms with Crippen molar-refractivity contribution < 1.29 is 8.42 Å². The molecule has 1 N–H and O–H groups in total. The number of nitrogens with one attached hydrogen (secondary N) is 1. The molecule has 3 nitrogen and oxygen atoms in total. The average Bonchev–Trinajstić information content (AvgIpc) is 2.73. The molecule has 102 valence electrons. The Kier molecular flexibility index (Phi) is 5.93. The van der Waals surface area contributed by atoms with Crippen LogP contribution < -0.4 is 5.32 Å². The second kappa shape index (κ2) is 6.74. The minimum absolute atomic E-state index is 0.295. The van der Waals surface area contributed by atoms with Gasteiger partial charge in [0.05, 0.1) is 11.5 Å². The van der Waals surface area contributed by atoms with Gasteiger partial charge in [-0.25, -0.2) is 8.42 Å². The molecule has 0 spiro atoms. The third-order valence-electron chi connectivity index (χ3n) is 4.06. The van der Waals surface area contributed by atoms with Gasteiger partial charge in [0.15, 0.2) is 9.84 Å². The fraction of sp³-hybridized carbons (Fsp3) is 1.00. The monoisotopic (exact) mass is 261 g/mol. The van der Waals surface area contributed by atoms with Gasteiger partial charge in [0.2, 0.25) is 0 Å². The second-order valence-corrected chi connectivity index (χ2v) is 7.73. The van der Waals surface area contributed by atoms with Crippen LogP contribution in [-0.2, 0) is 9.84 Å². The number of rotatable bonds is 7. The quantitative estimate of drug-likeness (QED) is 0.764. The van der Waals surface area contributed by atoms with Crippen molar-refractivity contribution in [3.05, 3.63) is 0 Å². The van der Waals surface area contributed by atoms with Crippen molar-refractivity contribution in [3.8, 4) is 0 Å². The lowest BCUT2D eigenvalue weighted by molar-refractivity contribution is 0.413. The normalized spacial score (nSPS) is 27.2. The van der Waals surface area contributed by atoms with E-state index in [1.54, 1.807) is 0 Å². The summed E-state index contributed by atoms with van der Waals surface area (Å²) in [4.78, 5) is 0. The van der Waals surface area contributed by atoms with Crippen LogP contribution in [0.5, 0.6) is 0 Å². The summed E-state index contributed by atoms with van der Waals surface area (Å²) in [5.41, 5.74) is 0. The highest BCUT2D eigenvalue weighted by atomic mass is 32.2. The van der Waals surface area contributed by atoms with E-state index in [2.05, 4.69) is 5.32 Å². The highest BCUT2D eigenvalue weighted by molar-refractivity contribution is 7.91. The summed E-state index contributed by atoms with van der Waals surface area (Å²) in [5, 5.41) is 3.31. The van der Waals surface area contributed by atoms with E-state index in [0.29, 0.717) is 29.4 Å². The maximum absolute atomic E-state index is 11.9. The summed E-state index contributed by atoms with van der Waals surface area (Å²) in [6, 6.07) is 0.536. The van der Waals surface area contributed by atoms with Crippen molar-refractivity contribution in [3.63, 3.8) is 0 Å². The molecule has 1 rings (SSSR count). The Labute approximate surface area is 106 Å². The maximum atomic E-state index is 11.9. The molecule has 1 aliphatic rings. The molecule has 3 atom stereocenters. The largest absolute Gasteiger partial charge is 0.317 e. The van der Waals surface area contributed by atoms with Crippen LogP contribution >= 0.6 is 0 Å². The van der Waals surface area contributed by atoms with E-state index in [1.807, 2.05) is 20.9 Å². The highest BCUT2D eigenvalue weighted by Crippen LogP contribution is 2.28. The molecule has 0 saturated heterocycles. The molecule has 4 heteroatoms. The highest BCUT2D eigenvalue weighted by Gasteiger charge is 2.27. The minimum Gasteiger partial charge on any atom is -0.317 e. The Morgan fingerprint density at radius 2 is 2.06 bits per heavy atom. The molecule has 0 aromatic heterocycles. The molecule has 0 amide bonds. The third-order valence-corrected chi connectivity index (χ3v) is 6.00. The standard InChI is InChI=1S/C13H27NO2S/c1-4-11(2)10-17(15,16)9-8-12-6-5-7-13(12)14-3/h11-14H,4-10H2,1-3H3. The van der Waals surface area contributed by atoms with Crippen molar-refractivity contribution in [2.75, 3.05) is 18.6 Å². The van der Waals surface area contributed by atoms with Gasteiger partial charge in [-0.05, 0) is 38.1 Å². The Morgan fingerprint density at radius 3 is 2.65 bits per heavy atom. The van der Waals surface area contributed by atoms with Crippen LogP contribution in [0.1, 0.15) is 46.0 Å². The topological polar surface area (TPSA) is 46.2 Å². The first-order valence-corrected chi connectivity index (χ1v) is 8.68.